The van der Waals surface area contributed by atoms with Crippen molar-refractivity contribution in [2.24, 2.45) is 0 Å². The van der Waals surface area contributed by atoms with Crippen LogP contribution in [0, 0.1) is 0 Å². The zero-order valence-corrected chi connectivity index (χ0v) is 12.2. The van der Waals surface area contributed by atoms with E-state index in [4.69, 9.17) is 0 Å². The SMILES string of the molecule is O.O.O.O.[Na+].[Na+].[OH-].[OH-].[Sn]. The molecule has 0 atom stereocenters. The summed E-state index contributed by atoms with van der Waals surface area (Å²) >= 11 is 0. The van der Waals surface area contributed by atoms with Gasteiger partial charge in [0, 0.05) is 23.9 Å². The third-order valence-electron chi connectivity index (χ3n) is 0. The molecule has 0 aromatic rings. The van der Waals surface area contributed by atoms with E-state index in [-0.39, 0.29) is 116 Å². The minimum absolute atomic E-state index is 0. The van der Waals surface area contributed by atoms with Gasteiger partial charge in [0.1, 0.15) is 0 Å². The maximum absolute atomic E-state index is 0. The molecule has 0 aromatic carbocycles. The predicted octanol–water partition coefficient (Wildman–Crippen LogP) is -10.0. The van der Waals surface area contributed by atoms with E-state index >= 15 is 0 Å². The van der Waals surface area contributed by atoms with Crippen LogP contribution in [-0.4, -0.2) is 56.8 Å². The Balaban J connectivity index is 0. The molecule has 0 rings (SSSR count). The number of hydrogen-bond acceptors (Lipinski definition) is 2. The quantitative estimate of drug-likeness (QED) is 0.396. The molecule has 0 saturated heterocycles. The maximum atomic E-state index is 0. The standard InChI is InChI=1S/2Na.6H2O.Sn/h;;6*1H2;/q2*+1;;;;;;;/p-2. The van der Waals surface area contributed by atoms with E-state index in [2.05, 4.69) is 0 Å². The summed E-state index contributed by atoms with van der Waals surface area (Å²) in [4.78, 5) is 0. The van der Waals surface area contributed by atoms with Crippen LogP contribution in [0.5, 0.6) is 0 Å². The monoisotopic (exact) mass is 272 g/mol. The van der Waals surface area contributed by atoms with E-state index in [1.165, 1.54) is 0 Å². The molecule has 0 aromatic heterocycles. The van der Waals surface area contributed by atoms with Crippen LogP contribution in [0.1, 0.15) is 0 Å². The van der Waals surface area contributed by atoms with Gasteiger partial charge < -0.3 is 32.9 Å². The first kappa shape index (κ1) is 197. The molecule has 0 heterocycles. The van der Waals surface area contributed by atoms with Crippen LogP contribution < -0.4 is 59.1 Å². The molecule has 4 radical (unpaired) electrons. The molecular formula is H10Na2O6Sn. The molecular weight excluding hydrogens is 261 g/mol. The normalized spacial score (nSPS) is 0. The Morgan fingerprint density at radius 1 is 0.444 bits per heavy atom. The van der Waals surface area contributed by atoms with Gasteiger partial charge in [0.05, 0.1) is 0 Å². The topological polar surface area (TPSA) is 186 Å². The molecule has 6 nitrogen and oxygen atoms in total. The first-order chi connectivity index (χ1) is 0. The molecule has 10 N–H and O–H groups in total. The number of hydrogen-bond donors (Lipinski definition) is 0. The van der Waals surface area contributed by atoms with E-state index in [0.29, 0.717) is 0 Å². The Labute approximate surface area is 114 Å². The van der Waals surface area contributed by atoms with Crippen molar-refractivity contribution in [2.45, 2.75) is 0 Å². The third-order valence-corrected chi connectivity index (χ3v) is 0. The van der Waals surface area contributed by atoms with Crippen molar-refractivity contribution < 1.29 is 92.0 Å². The van der Waals surface area contributed by atoms with E-state index in [0.717, 1.165) is 0 Å². The summed E-state index contributed by atoms with van der Waals surface area (Å²) in [6.07, 6.45) is 0. The second-order valence-corrected chi connectivity index (χ2v) is 0. The molecule has 0 saturated carbocycles. The fourth-order valence-electron chi connectivity index (χ4n) is 0. The second-order valence-electron chi connectivity index (χ2n) is 0. The van der Waals surface area contributed by atoms with Gasteiger partial charge in [0.15, 0.2) is 0 Å². The van der Waals surface area contributed by atoms with Crippen LogP contribution in [0.15, 0.2) is 0 Å². The van der Waals surface area contributed by atoms with Crippen molar-refractivity contribution in [1.29, 1.82) is 0 Å². The summed E-state index contributed by atoms with van der Waals surface area (Å²) in [5.74, 6) is 0. The Bertz CT molecular complexity index is 11.0. The smallest absolute Gasteiger partial charge is 0.870 e. The van der Waals surface area contributed by atoms with Gasteiger partial charge >= 0.3 is 59.1 Å². The second kappa shape index (κ2) is 147. The summed E-state index contributed by atoms with van der Waals surface area (Å²) in [5, 5.41) is 0. The van der Waals surface area contributed by atoms with Crippen molar-refractivity contribution in [3.63, 3.8) is 0 Å². The van der Waals surface area contributed by atoms with Crippen LogP contribution in [0.2, 0.25) is 0 Å². The molecule has 0 aliphatic carbocycles. The van der Waals surface area contributed by atoms with Gasteiger partial charge in [-0.3, -0.25) is 0 Å². The van der Waals surface area contributed by atoms with Crippen molar-refractivity contribution in [1.82, 2.24) is 0 Å². The molecule has 0 aliphatic rings. The Morgan fingerprint density at radius 2 is 0.444 bits per heavy atom. The Kier molecular flexibility index (Phi) is 3220. The molecule has 0 spiro atoms. The first-order valence-corrected chi connectivity index (χ1v) is 0. The van der Waals surface area contributed by atoms with Crippen molar-refractivity contribution in [3.05, 3.63) is 0 Å². The first-order valence-electron chi connectivity index (χ1n) is 0. The van der Waals surface area contributed by atoms with Crippen LogP contribution in [-0.2, 0) is 0 Å². The molecule has 9 heteroatoms. The Hall–Kier alpha value is 2.56. The van der Waals surface area contributed by atoms with Crippen molar-refractivity contribution in [2.75, 3.05) is 0 Å². The summed E-state index contributed by atoms with van der Waals surface area (Å²) in [6.45, 7) is 0. The zero-order valence-electron chi connectivity index (χ0n) is 5.39. The minimum Gasteiger partial charge on any atom is -0.870 e. The molecule has 0 unspecified atom stereocenters. The van der Waals surface area contributed by atoms with E-state index < -0.39 is 0 Å². The van der Waals surface area contributed by atoms with E-state index in [1.54, 1.807) is 0 Å². The van der Waals surface area contributed by atoms with Gasteiger partial charge in [0.2, 0.25) is 0 Å². The molecule has 0 aliphatic heterocycles. The summed E-state index contributed by atoms with van der Waals surface area (Å²) < 4.78 is 0. The van der Waals surface area contributed by atoms with Gasteiger partial charge in [-0.15, -0.1) is 0 Å². The number of rotatable bonds is 0. The fraction of sp³-hybridized carbons (Fsp3) is 0. The van der Waals surface area contributed by atoms with Gasteiger partial charge in [-0.05, 0) is 0 Å². The minimum atomic E-state index is 0. The fourth-order valence-corrected chi connectivity index (χ4v) is 0. The molecule has 0 bridgehead atoms. The summed E-state index contributed by atoms with van der Waals surface area (Å²) in [7, 11) is 0. The third kappa shape index (κ3) is 118. The van der Waals surface area contributed by atoms with Crippen LogP contribution in [0.25, 0.3) is 0 Å². The average Bonchev–Trinajstić information content (AvgIpc) is 0. The Morgan fingerprint density at radius 3 is 0.444 bits per heavy atom. The van der Waals surface area contributed by atoms with E-state index in [9.17, 15) is 0 Å². The molecule has 9 heavy (non-hydrogen) atoms. The zero-order chi connectivity index (χ0) is 0. The van der Waals surface area contributed by atoms with Crippen LogP contribution in [0.4, 0.5) is 0 Å². The van der Waals surface area contributed by atoms with Gasteiger partial charge in [0.25, 0.3) is 0 Å². The summed E-state index contributed by atoms with van der Waals surface area (Å²) in [6, 6.07) is 0. The average molecular weight is 271 g/mol. The van der Waals surface area contributed by atoms with Crippen LogP contribution >= 0.6 is 0 Å². The van der Waals surface area contributed by atoms with E-state index in [1.807, 2.05) is 0 Å². The molecule has 0 amide bonds. The maximum Gasteiger partial charge on any atom is 1.00 e. The largest absolute Gasteiger partial charge is 1.00 e. The van der Waals surface area contributed by atoms with Crippen LogP contribution in [0.3, 0.4) is 0 Å². The summed E-state index contributed by atoms with van der Waals surface area (Å²) in [5.41, 5.74) is 0. The van der Waals surface area contributed by atoms with Gasteiger partial charge in [-0.1, -0.05) is 0 Å². The predicted molar refractivity (Wildman–Crippen MR) is 24.1 cm³/mol. The molecule has 0 fully saturated rings. The van der Waals surface area contributed by atoms with Crippen molar-refractivity contribution >= 4 is 23.9 Å². The van der Waals surface area contributed by atoms with Gasteiger partial charge in [-0.25, -0.2) is 0 Å². The van der Waals surface area contributed by atoms with Crippen molar-refractivity contribution in [3.8, 4) is 0 Å². The molecule has 52 valence electrons. The van der Waals surface area contributed by atoms with Gasteiger partial charge in [-0.2, -0.15) is 0 Å².